The molecule has 1 saturated heterocycles. The standard InChI is InChI=1S/C18H27FN2O2/c1-18(2,3)17(22)21(8-7-20-9-11-23-12-10-20)14-15-5-4-6-16(19)13-15/h4-6,13H,7-12,14H2,1-3H3. The summed E-state index contributed by atoms with van der Waals surface area (Å²) in [7, 11) is 0. The number of carbonyl (C=O) groups is 1. The number of ether oxygens (including phenoxy) is 1. The molecule has 1 aliphatic rings. The normalized spacial score (nSPS) is 16.3. The summed E-state index contributed by atoms with van der Waals surface area (Å²) in [6.45, 7) is 11.0. The molecule has 2 rings (SSSR count). The Kier molecular flexibility index (Phi) is 6.13. The average Bonchev–Trinajstić information content (AvgIpc) is 2.51. The number of hydrogen-bond acceptors (Lipinski definition) is 3. The number of hydrogen-bond donors (Lipinski definition) is 0. The number of nitrogens with zero attached hydrogens (tertiary/aromatic N) is 2. The number of amides is 1. The SMILES string of the molecule is CC(C)(C)C(=O)N(CCN1CCOCC1)Cc1cccc(F)c1. The minimum Gasteiger partial charge on any atom is -0.379 e. The van der Waals surface area contributed by atoms with Crippen LogP contribution in [-0.2, 0) is 16.1 Å². The van der Waals surface area contributed by atoms with Gasteiger partial charge in [0, 0.05) is 38.1 Å². The zero-order chi connectivity index (χ0) is 16.9. The maximum atomic E-state index is 13.4. The summed E-state index contributed by atoms with van der Waals surface area (Å²) in [5.41, 5.74) is 0.378. The van der Waals surface area contributed by atoms with Gasteiger partial charge in [-0.25, -0.2) is 4.39 Å². The molecule has 0 spiro atoms. The zero-order valence-electron chi connectivity index (χ0n) is 14.3. The monoisotopic (exact) mass is 322 g/mol. The fourth-order valence-corrected chi connectivity index (χ4v) is 2.67. The topological polar surface area (TPSA) is 32.8 Å². The molecule has 1 aliphatic heterocycles. The quantitative estimate of drug-likeness (QED) is 0.835. The summed E-state index contributed by atoms with van der Waals surface area (Å²) in [5.74, 6) is -0.172. The van der Waals surface area contributed by atoms with Gasteiger partial charge in [0.05, 0.1) is 13.2 Å². The van der Waals surface area contributed by atoms with E-state index in [9.17, 15) is 9.18 Å². The van der Waals surface area contributed by atoms with Crippen molar-refractivity contribution < 1.29 is 13.9 Å². The van der Waals surface area contributed by atoms with Crippen LogP contribution in [-0.4, -0.2) is 55.1 Å². The Morgan fingerprint density at radius 2 is 2.00 bits per heavy atom. The molecule has 128 valence electrons. The molecule has 1 heterocycles. The predicted octanol–water partition coefficient (Wildman–Crippen LogP) is 2.53. The first-order valence-corrected chi connectivity index (χ1v) is 8.20. The molecule has 0 bridgehead atoms. The summed E-state index contributed by atoms with van der Waals surface area (Å²) >= 11 is 0. The molecule has 1 aromatic rings. The Morgan fingerprint density at radius 3 is 2.61 bits per heavy atom. The molecule has 0 N–H and O–H groups in total. The average molecular weight is 322 g/mol. The van der Waals surface area contributed by atoms with E-state index in [0.29, 0.717) is 13.1 Å². The van der Waals surface area contributed by atoms with E-state index in [0.717, 1.165) is 38.4 Å². The second kappa shape index (κ2) is 7.88. The van der Waals surface area contributed by atoms with Gasteiger partial charge in [-0.3, -0.25) is 9.69 Å². The summed E-state index contributed by atoms with van der Waals surface area (Å²) in [5, 5.41) is 0. The van der Waals surface area contributed by atoms with Gasteiger partial charge in [-0.2, -0.15) is 0 Å². The first-order chi connectivity index (χ1) is 10.9. The van der Waals surface area contributed by atoms with E-state index in [4.69, 9.17) is 4.74 Å². The van der Waals surface area contributed by atoms with Gasteiger partial charge in [-0.05, 0) is 17.7 Å². The van der Waals surface area contributed by atoms with Gasteiger partial charge in [0.25, 0.3) is 0 Å². The van der Waals surface area contributed by atoms with Crippen LogP contribution in [0.2, 0.25) is 0 Å². The maximum absolute atomic E-state index is 13.4. The van der Waals surface area contributed by atoms with Crippen molar-refractivity contribution in [1.29, 1.82) is 0 Å². The van der Waals surface area contributed by atoms with Gasteiger partial charge >= 0.3 is 0 Å². The van der Waals surface area contributed by atoms with Crippen LogP contribution >= 0.6 is 0 Å². The molecule has 1 amide bonds. The first kappa shape index (κ1) is 17.9. The Bertz CT molecular complexity index is 522. The van der Waals surface area contributed by atoms with Crippen molar-refractivity contribution in [3.8, 4) is 0 Å². The lowest BCUT2D eigenvalue weighted by Crippen LogP contribution is -2.45. The van der Waals surface area contributed by atoms with Crippen LogP contribution in [0.1, 0.15) is 26.3 Å². The minimum atomic E-state index is -0.446. The van der Waals surface area contributed by atoms with Crippen LogP contribution in [0.15, 0.2) is 24.3 Å². The van der Waals surface area contributed by atoms with Crippen molar-refractivity contribution >= 4 is 5.91 Å². The van der Waals surface area contributed by atoms with Crippen LogP contribution in [0.25, 0.3) is 0 Å². The highest BCUT2D eigenvalue weighted by molar-refractivity contribution is 5.81. The molecule has 0 radical (unpaired) electrons. The van der Waals surface area contributed by atoms with Crippen LogP contribution < -0.4 is 0 Å². The van der Waals surface area contributed by atoms with Crippen LogP contribution in [0, 0.1) is 11.2 Å². The third kappa shape index (κ3) is 5.59. The van der Waals surface area contributed by atoms with E-state index in [2.05, 4.69) is 4.90 Å². The smallest absolute Gasteiger partial charge is 0.228 e. The Morgan fingerprint density at radius 1 is 1.30 bits per heavy atom. The summed E-state index contributed by atoms with van der Waals surface area (Å²) in [6, 6.07) is 6.47. The van der Waals surface area contributed by atoms with Crippen molar-refractivity contribution in [3.05, 3.63) is 35.6 Å². The number of benzene rings is 1. The van der Waals surface area contributed by atoms with Crippen LogP contribution in [0.4, 0.5) is 4.39 Å². The van der Waals surface area contributed by atoms with E-state index in [-0.39, 0.29) is 11.7 Å². The van der Waals surface area contributed by atoms with E-state index in [1.165, 1.54) is 12.1 Å². The molecule has 23 heavy (non-hydrogen) atoms. The Balaban J connectivity index is 2.03. The fraction of sp³-hybridized carbons (Fsp3) is 0.611. The van der Waals surface area contributed by atoms with Gasteiger partial charge in [-0.15, -0.1) is 0 Å². The summed E-state index contributed by atoms with van der Waals surface area (Å²) < 4.78 is 18.8. The zero-order valence-corrected chi connectivity index (χ0v) is 14.3. The molecule has 1 aromatic carbocycles. The maximum Gasteiger partial charge on any atom is 0.228 e. The van der Waals surface area contributed by atoms with E-state index >= 15 is 0 Å². The van der Waals surface area contributed by atoms with Crippen molar-refractivity contribution in [2.75, 3.05) is 39.4 Å². The third-order valence-electron chi connectivity index (χ3n) is 3.98. The highest BCUT2D eigenvalue weighted by atomic mass is 19.1. The number of halogens is 1. The summed E-state index contributed by atoms with van der Waals surface area (Å²) in [6.07, 6.45) is 0. The van der Waals surface area contributed by atoms with Gasteiger partial charge in [0.2, 0.25) is 5.91 Å². The first-order valence-electron chi connectivity index (χ1n) is 8.20. The lowest BCUT2D eigenvalue weighted by Gasteiger charge is -2.33. The second-order valence-electron chi connectivity index (χ2n) is 7.06. The molecule has 1 fully saturated rings. The third-order valence-corrected chi connectivity index (χ3v) is 3.98. The highest BCUT2D eigenvalue weighted by Crippen LogP contribution is 2.19. The lowest BCUT2D eigenvalue weighted by atomic mass is 9.94. The molecule has 0 atom stereocenters. The van der Waals surface area contributed by atoms with E-state index in [1.54, 1.807) is 6.07 Å². The number of rotatable bonds is 5. The largest absolute Gasteiger partial charge is 0.379 e. The second-order valence-corrected chi connectivity index (χ2v) is 7.06. The van der Waals surface area contributed by atoms with Crippen molar-refractivity contribution in [2.45, 2.75) is 27.3 Å². The summed E-state index contributed by atoms with van der Waals surface area (Å²) in [4.78, 5) is 16.9. The molecule has 4 nitrogen and oxygen atoms in total. The molecule has 0 unspecified atom stereocenters. The van der Waals surface area contributed by atoms with Crippen molar-refractivity contribution in [1.82, 2.24) is 9.80 Å². The Hall–Kier alpha value is -1.46. The van der Waals surface area contributed by atoms with E-state index in [1.807, 2.05) is 31.7 Å². The van der Waals surface area contributed by atoms with Crippen LogP contribution in [0.5, 0.6) is 0 Å². The van der Waals surface area contributed by atoms with Gasteiger partial charge in [0.1, 0.15) is 5.82 Å². The lowest BCUT2D eigenvalue weighted by molar-refractivity contribution is -0.140. The van der Waals surface area contributed by atoms with E-state index < -0.39 is 5.41 Å². The fourth-order valence-electron chi connectivity index (χ4n) is 2.67. The molecule has 5 heteroatoms. The predicted molar refractivity (Wildman–Crippen MR) is 88.5 cm³/mol. The van der Waals surface area contributed by atoms with Gasteiger partial charge < -0.3 is 9.64 Å². The molecular formula is C18H27FN2O2. The van der Waals surface area contributed by atoms with Gasteiger partial charge in [-0.1, -0.05) is 32.9 Å². The molecule has 0 aromatic heterocycles. The molecule has 0 aliphatic carbocycles. The van der Waals surface area contributed by atoms with Crippen molar-refractivity contribution in [3.63, 3.8) is 0 Å². The molecule has 0 saturated carbocycles. The van der Waals surface area contributed by atoms with Crippen molar-refractivity contribution in [2.24, 2.45) is 5.41 Å². The number of morpholine rings is 1. The minimum absolute atomic E-state index is 0.0926. The van der Waals surface area contributed by atoms with Crippen LogP contribution in [0.3, 0.4) is 0 Å². The highest BCUT2D eigenvalue weighted by Gasteiger charge is 2.27. The number of carbonyl (C=O) groups excluding carboxylic acids is 1. The van der Waals surface area contributed by atoms with Gasteiger partial charge in [0.15, 0.2) is 0 Å². The Labute approximate surface area is 138 Å². The molecular weight excluding hydrogens is 295 g/mol.